The van der Waals surface area contributed by atoms with Crippen molar-refractivity contribution in [3.8, 4) is 0 Å². The molecule has 0 radical (unpaired) electrons. The number of thiophene rings is 1. The third kappa shape index (κ3) is 4.99. The van der Waals surface area contributed by atoms with Gasteiger partial charge in [0, 0.05) is 22.0 Å². The molecule has 0 saturated heterocycles. The quantitative estimate of drug-likeness (QED) is 0.825. The van der Waals surface area contributed by atoms with Crippen LogP contribution in [0.2, 0.25) is 0 Å². The van der Waals surface area contributed by atoms with Crippen LogP contribution in [0.5, 0.6) is 0 Å². The third-order valence-corrected chi connectivity index (χ3v) is 4.32. The smallest absolute Gasteiger partial charge is 0.252 e. The molecule has 21 heavy (non-hydrogen) atoms. The van der Waals surface area contributed by atoms with E-state index in [1.807, 2.05) is 29.6 Å². The monoisotopic (exact) mass is 366 g/mol. The first-order valence-electron chi connectivity index (χ1n) is 6.47. The lowest BCUT2D eigenvalue weighted by molar-refractivity contribution is -0.120. The Labute approximate surface area is 135 Å². The summed E-state index contributed by atoms with van der Waals surface area (Å²) in [7, 11) is 0. The molecular formula is C15H15BrN2O2S. The lowest BCUT2D eigenvalue weighted by Gasteiger charge is -2.07. The topological polar surface area (TPSA) is 58.2 Å². The molecule has 110 valence electrons. The molecule has 0 saturated carbocycles. The Hall–Kier alpha value is -1.66. The molecular weight excluding hydrogens is 352 g/mol. The van der Waals surface area contributed by atoms with Crippen molar-refractivity contribution in [1.29, 1.82) is 0 Å². The van der Waals surface area contributed by atoms with Crippen molar-refractivity contribution in [3.05, 3.63) is 56.7 Å². The van der Waals surface area contributed by atoms with Gasteiger partial charge in [-0.25, -0.2) is 0 Å². The molecule has 0 fully saturated rings. The SMILES string of the molecule is O=C(CNC(=O)c1ccsc1)NCCc1ccccc1Br. The van der Waals surface area contributed by atoms with E-state index in [1.165, 1.54) is 11.3 Å². The molecule has 1 heterocycles. The molecule has 2 rings (SSSR count). The zero-order chi connectivity index (χ0) is 15.1. The van der Waals surface area contributed by atoms with Gasteiger partial charge in [-0.05, 0) is 29.5 Å². The van der Waals surface area contributed by atoms with E-state index in [4.69, 9.17) is 0 Å². The first-order valence-corrected chi connectivity index (χ1v) is 8.21. The fraction of sp³-hybridized carbons (Fsp3) is 0.200. The van der Waals surface area contributed by atoms with Crippen LogP contribution in [0.25, 0.3) is 0 Å². The fourth-order valence-electron chi connectivity index (χ4n) is 1.76. The van der Waals surface area contributed by atoms with Gasteiger partial charge in [-0.1, -0.05) is 34.1 Å². The van der Waals surface area contributed by atoms with E-state index < -0.39 is 0 Å². The molecule has 2 aromatic rings. The molecule has 2 amide bonds. The summed E-state index contributed by atoms with van der Waals surface area (Å²) in [6, 6.07) is 9.62. The highest BCUT2D eigenvalue weighted by Gasteiger charge is 2.08. The van der Waals surface area contributed by atoms with E-state index >= 15 is 0 Å². The molecule has 0 spiro atoms. The first kappa shape index (κ1) is 15.7. The van der Waals surface area contributed by atoms with E-state index in [2.05, 4.69) is 26.6 Å². The van der Waals surface area contributed by atoms with Crippen molar-refractivity contribution in [3.63, 3.8) is 0 Å². The number of rotatable bonds is 6. The average molecular weight is 367 g/mol. The summed E-state index contributed by atoms with van der Waals surface area (Å²) in [5, 5.41) is 8.95. The molecule has 1 aromatic heterocycles. The Balaban J connectivity index is 1.68. The lowest BCUT2D eigenvalue weighted by atomic mass is 10.1. The molecule has 0 atom stereocenters. The zero-order valence-corrected chi connectivity index (χ0v) is 13.7. The van der Waals surface area contributed by atoms with Crippen LogP contribution in [-0.2, 0) is 11.2 Å². The van der Waals surface area contributed by atoms with Crippen molar-refractivity contribution < 1.29 is 9.59 Å². The Morgan fingerprint density at radius 1 is 1.14 bits per heavy atom. The van der Waals surface area contributed by atoms with Crippen molar-refractivity contribution in [2.45, 2.75) is 6.42 Å². The van der Waals surface area contributed by atoms with Crippen molar-refractivity contribution in [2.24, 2.45) is 0 Å². The summed E-state index contributed by atoms with van der Waals surface area (Å²) in [6.07, 6.45) is 0.742. The van der Waals surface area contributed by atoms with Crippen LogP contribution in [0.4, 0.5) is 0 Å². The standard InChI is InChI=1S/C15H15BrN2O2S/c16-13-4-2-1-3-11(13)5-7-17-14(19)9-18-15(20)12-6-8-21-10-12/h1-4,6,8,10H,5,7,9H2,(H,17,19)(H,18,20). The normalized spacial score (nSPS) is 10.1. The van der Waals surface area contributed by atoms with Gasteiger partial charge >= 0.3 is 0 Å². The molecule has 0 unspecified atom stereocenters. The Bertz CT molecular complexity index is 614. The van der Waals surface area contributed by atoms with Crippen molar-refractivity contribution in [1.82, 2.24) is 10.6 Å². The Morgan fingerprint density at radius 3 is 2.67 bits per heavy atom. The minimum atomic E-state index is -0.225. The summed E-state index contributed by atoms with van der Waals surface area (Å²) in [6.45, 7) is 0.528. The second-order valence-electron chi connectivity index (χ2n) is 4.39. The van der Waals surface area contributed by atoms with Gasteiger partial charge in [-0.2, -0.15) is 11.3 Å². The van der Waals surface area contributed by atoms with Crippen molar-refractivity contribution >= 4 is 39.1 Å². The predicted octanol–water partition coefficient (Wildman–Crippen LogP) is 2.60. The minimum absolute atomic E-state index is 0.00929. The van der Waals surface area contributed by atoms with Gasteiger partial charge < -0.3 is 10.6 Å². The number of carbonyl (C=O) groups excluding carboxylic acids is 2. The maximum Gasteiger partial charge on any atom is 0.252 e. The number of halogens is 1. The highest BCUT2D eigenvalue weighted by atomic mass is 79.9. The lowest BCUT2D eigenvalue weighted by Crippen LogP contribution is -2.37. The molecule has 1 aromatic carbocycles. The van der Waals surface area contributed by atoms with E-state index in [1.54, 1.807) is 11.4 Å². The number of benzene rings is 1. The molecule has 0 aliphatic carbocycles. The number of hydrogen-bond donors (Lipinski definition) is 2. The maximum atomic E-state index is 11.7. The Kier molecular flexibility index (Phi) is 5.95. The number of hydrogen-bond acceptors (Lipinski definition) is 3. The molecule has 0 aliphatic heterocycles. The van der Waals surface area contributed by atoms with E-state index in [0.29, 0.717) is 12.1 Å². The highest BCUT2D eigenvalue weighted by molar-refractivity contribution is 9.10. The molecule has 0 bridgehead atoms. The third-order valence-electron chi connectivity index (χ3n) is 2.87. The van der Waals surface area contributed by atoms with E-state index in [9.17, 15) is 9.59 Å². The summed E-state index contributed by atoms with van der Waals surface area (Å²) in [5.41, 5.74) is 1.72. The zero-order valence-electron chi connectivity index (χ0n) is 11.3. The van der Waals surface area contributed by atoms with E-state index in [-0.39, 0.29) is 18.4 Å². The van der Waals surface area contributed by atoms with Crippen molar-refractivity contribution in [2.75, 3.05) is 13.1 Å². The van der Waals surface area contributed by atoms with E-state index in [0.717, 1.165) is 16.5 Å². The summed E-state index contributed by atoms with van der Waals surface area (Å²) in [5.74, 6) is -0.414. The first-order chi connectivity index (χ1) is 10.2. The molecule has 4 nitrogen and oxygen atoms in total. The van der Waals surface area contributed by atoms with Gasteiger partial charge in [-0.15, -0.1) is 0 Å². The number of carbonyl (C=O) groups is 2. The summed E-state index contributed by atoms with van der Waals surface area (Å²) < 4.78 is 1.03. The molecule has 6 heteroatoms. The van der Waals surface area contributed by atoms with Gasteiger partial charge in [0.1, 0.15) is 0 Å². The minimum Gasteiger partial charge on any atom is -0.354 e. The predicted molar refractivity (Wildman–Crippen MR) is 87.5 cm³/mol. The largest absolute Gasteiger partial charge is 0.354 e. The van der Waals surface area contributed by atoms with Crippen LogP contribution >= 0.6 is 27.3 Å². The molecule has 0 aliphatic rings. The van der Waals surface area contributed by atoms with Crippen LogP contribution < -0.4 is 10.6 Å². The number of amides is 2. The number of nitrogens with one attached hydrogen (secondary N) is 2. The van der Waals surface area contributed by atoms with Gasteiger partial charge in [0.25, 0.3) is 5.91 Å². The van der Waals surface area contributed by atoms with Crippen LogP contribution in [0.1, 0.15) is 15.9 Å². The van der Waals surface area contributed by atoms with Gasteiger partial charge in [0.05, 0.1) is 6.54 Å². The van der Waals surface area contributed by atoms with Gasteiger partial charge in [-0.3, -0.25) is 9.59 Å². The van der Waals surface area contributed by atoms with Crippen LogP contribution in [0, 0.1) is 0 Å². The second-order valence-corrected chi connectivity index (χ2v) is 6.02. The average Bonchev–Trinajstić information content (AvgIpc) is 3.01. The fourth-order valence-corrected chi connectivity index (χ4v) is 2.88. The Morgan fingerprint density at radius 2 is 1.95 bits per heavy atom. The van der Waals surface area contributed by atoms with Crippen LogP contribution in [-0.4, -0.2) is 24.9 Å². The molecule has 2 N–H and O–H groups in total. The summed E-state index contributed by atoms with van der Waals surface area (Å²) >= 11 is 4.92. The van der Waals surface area contributed by atoms with Gasteiger partial charge in [0.2, 0.25) is 5.91 Å². The highest BCUT2D eigenvalue weighted by Crippen LogP contribution is 2.15. The maximum absolute atomic E-state index is 11.7. The summed E-state index contributed by atoms with van der Waals surface area (Å²) in [4.78, 5) is 23.3. The van der Waals surface area contributed by atoms with Gasteiger partial charge in [0.15, 0.2) is 0 Å². The van der Waals surface area contributed by atoms with Crippen LogP contribution in [0.3, 0.4) is 0 Å². The van der Waals surface area contributed by atoms with Crippen LogP contribution in [0.15, 0.2) is 45.6 Å². The second kappa shape index (κ2) is 7.95.